The van der Waals surface area contributed by atoms with Crippen LogP contribution >= 0.6 is 0 Å². The quantitative estimate of drug-likeness (QED) is 0.221. The fraction of sp³-hybridized carbons (Fsp3) is 0. The molecule has 0 fully saturated rings. The van der Waals surface area contributed by atoms with Crippen molar-refractivity contribution in [3.05, 3.63) is 152 Å². The Morgan fingerprint density at radius 3 is 2.10 bits per heavy atom. The van der Waals surface area contributed by atoms with E-state index in [9.17, 15) is 0 Å². The third kappa shape index (κ3) is 3.31. The summed E-state index contributed by atoms with van der Waals surface area (Å²) in [7, 11) is 0. The molecular weight excluding hydrogens is 510 g/mol. The molecule has 0 aliphatic rings. The van der Waals surface area contributed by atoms with Gasteiger partial charge < -0.3 is 9.13 Å². The molecule has 0 aliphatic heterocycles. The SMILES string of the molecule is c1ccc(-n2c3ccccc3c3ccc4ccc5c(ccn5-c5ccc(-c6cncc7ccccc67)cc5)c4c32)cc1. The molecule has 3 aromatic heterocycles. The van der Waals surface area contributed by atoms with Crippen LogP contribution in [0.25, 0.3) is 76.8 Å². The van der Waals surface area contributed by atoms with Crippen molar-refractivity contribution in [2.45, 2.75) is 0 Å². The molecule has 9 rings (SSSR count). The predicted octanol–water partition coefficient (Wildman–Crippen LogP) is 10.1. The number of fused-ring (bicyclic) bond motifs is 8. The van der Waals surface area contributed by atoms with Gasteiger partial charge in [0, 0.05) is 62.5 Å². The third-order valence-corrected chi connectivity index (χ3v) is 8.62. The Labute approximate surface area is 242 Å². The standard InChI is InChI=1S/C39H25N3/c1-2-9-30(10-3-1)42-37-13-7-6-12-32(37)33-20-16-27-17-21-36-34(38(27)39(33)42)22-23-41(36)29-18-14-26(15-19-29)35-25-40-24-28-8-4-5-11-31(28)35/h1-25H. The van der Waals surface area contributed by atoms with Crippen LogP contribution < -0.4 is 0 Å². The van der Waals surface area contributed by atoms with E-state index in [0.29, 0.717) is 0 Å². The molecule has 0 saturated heterocycles. The van der Waals surface area contributed by atoms with Gasteiger partial charge in [-0.1, -0.05) is 91.0 Å². The van der Waals surface area contributed by atoms with E-state index in [1.54, 1.807) is 0 Å². The highest BCUT2D eigenvalue weighted by Gasteiger charge is 2.17. The van der Waals surface area contributed by atoms with Crippen LogP contribution in [0.3, 0.4) is 0 Å². The molecule has 0 radical (unpaired) electrons. The molecule has 0 amide bonds. The van der Waals surface area contributed by atoms with Crippen molar-refractivity contribution < 1.29 is 0 Å². The van der Waals surface area contributed by atoms with Gasteiger partial charge in [-0.25, -0.2) is 0 Å². The van der Waals surface area contributed by atoms with Gasteiger partial charge in [0.1, 0.15) is 0 Å². The van der Waals surface area contributed by atoms with E-state index < -0.39 is 0 Å². The van der Waals surface area contributed by atoms with Gasteiger partial charge in [0.05, 0.1) is 16.6 Å². The largest absolute Gasteiger partial charge is 0.317 e. The molecule has 0 aliphatic carbocycles. The van der Waals surface area contributed by atoms with Crippen LogP contribution in [0.5, 0.6) is 0 Å². The summed E-state index contributed by atoms with van der Waals surface area (Å²) in [5.41, 5.74) is 8.30. The van der Waals surface area contributed by atoms with Crippen LogP contribution in [0.4, 0.5) is 0 Å². The van der Waals surface area contributed by atoms with Crippen molar-refractivity contribution >= 4 is 54.3 Å². The third-order valence-electron chi connectivity index (χ3n) is 8.62. The Morgan fingerprint density at radius 2 is 1.21 bits per heavy atom. The van der Waals surface area contributed by atoms with Crippen molar-refractivity contribution in [2.75, 3.05) is 0 Å². The minimum atomic E-state index is 1.14. The van der Waals surface area contributed by atoms with E-state index in [-0.39, 0.29) is 0 Å². The summed E-state index contributed by atoms with van der Waals surface area (Å²) >= 11 is 0. The fourth-order valence-electron chi connectivity index (χ4n) is 6.71. The number of rotatable bonds is 3. The van der Waals surface area contributed by atoms with Gasteiger partial charge in [-0.05, 0) is 58.8 Å². The predicted molar refractivity (Wildman–Crippen MR) is 176 cm³/mol. The van der Waals surface area contributed by atoms with Crippen LogP contribution in [0.15, 0.2) is 152 Å². The van der Waals surface area contributed by atoms with E-state index in [1.165, 1.54) is 60.1 Å². The number of pyridine rings is 1. The first kappa shape index (κ1) is 23.1. The second-order valence-corrected chi connectivity index (χ2v) is 10.9. The van der Waals surface area contributed by atoms with Crippen molar-refractivity contribution in [2.24, 2.45) is 0 Å². The minimum absolute atomic E-state index is 1.14. The Balaban J connectivity index is 1.27. The molecule has 3 heteroatoms. The second-order valence-electron chi connectivity index (χ2n) is 10.9. The highest BCUT2D eigenvalue weighted by atomic mass is 15.0. The minimum Gasteiger partial charge on any atom is -0.317 e. The number of benzene rings is 6. The summed E-state index contributed by atoms with van der Waals surface area (Å²) in [6.45, 7) is 0. The molecule has 0 N–H and O–H groups in total. The first-order valence-corrected chi connectivity index (χ1v) is 14.3. The average Bonchev–Trinajstić information content (AvgIpc) is 3.65. The van der Waals surface area contributed by atoms with E-state index in [2.05, 4.69) is 154 Å². The molecule has 9 aromatic rings. The first-order chi connectivity index (χ1) is 20.8. The van der Waals surface area contributed by atoms with E-state index in [1.807, 2.05) is 12.4 Å². The lowest BCUT2D eigenvalue weighted by atomic mass is 10.0. The zero-order valence-corrected chi connectivity index (χ0v) is 22.8. The number of para-hydroxylation sites is 2. The summed E-state index contributed by atoms with van der Waals surface area (Å²) in [6, 6.07) is 48.0. The molecule has 6 aromatic carbocycles. The maximum atomic E-state index is 4.49. The average molecular weight is 536 g/mol. The first-order valence-electron chi connectivity index (χ1n) is 14.3. The highest BCUT2D eigenvalue weighted by molar-refractivity contribution is 6.25. The molecule has 0 bridgehead atoms. The molecule has 3 heterocycles. The van der Waals surface area contributed by atoms with Crippen molar-refractivity contribution in [3.8, 4) is 22.5 Å². The van der Waals surface area contributed by atoms with Gasteiger partial charge in [-0.3, -0.25) is 4.98 Å². The maximum Gasteiger partial charge on any atom is 0.0626 e. The molecule has 0 atom stereocenters. The monoisotopic (exact) mass is 535 g/mol. The summed E-state index contributed by atoms with van der Waals surface area (Å²) < 4.78 is 4.73. The number of hydrogen-bond acceptors (Lipinski definition) is 1. The fourth-order valence-corrected chi connectivity index (χ4v) is 6.71. The molecule has 3 nitrogen and oxygen atoms in total. The lowest BCUT2D eigenvalue weighted by molar-refractivity contribution is 1.13. The Bertz CT molecular complexity index is 2440. The van der Waals surface area contributed by atoms with E-state index >= 15 is 0 Å². The van der Waals surface area contributed by atoms with Crippen molar-refractivity contribution in [3.63, 3.8) is 0 Å². The molecular formula is C39H25N3. The van der Waals surface area contributed by atoms with Crippen LogP contribution in [-0.2, 0) is 0 Å². The Kier molecular flexibility index (Phi) is 4.90. The van der Waals surface area contributed by atoms with Crippen molar-refractivity contribution in [1.29, 1.82) is 0 Å². The van der Waals surface area contributed by atoms with Gasteiger partial charge in [0.25, 0.3) is 0 Å². The van der Waals surface area contributed by atoms with Gasteiger partial charge in [0.15, 0.2) is 0 Å². The van der Waals surface area contributed by atoms with Crippen LogP contribution in [-0.4, -0.2) is 14.1 Å². The lowest BCUT2D eigenvalue weighted by Gasteiger charge is -2.12. The normalized spacial score (nSPS) is 11.8. The summed E-state index contributed by atoms with van der Waals surface area (Å²) in [4.78, 5) is 4.49. The van der Waals surface area contributed by atoms with E-state index in [0.717, 1.165) is 16.6 Å². The number of nitrogens with zero attached hydrogens (tertiary/aromatic N) is 3. The van der Waals surface area contributed by atoms with Gasteiger partial charge in [-0.15, -0.1) is 0 Å². The Morgan fingerprint density at radius 1 is 0.452 bits per heavy atom. The topological polar surface area (TPSA) is 22.8 Å². The van der Waals surface area contributed by atoms with Crippen molar-refractivity contribution in [1.82, 2.24) is 14.1 Å². The smallest absolute Gasteiger partial charge is 0.0626 e. The zero-order chi connectivity index (χ0) is 27.6. The second kappa shape index (κ2) is 8.92. The van der Waals surface area contributed by atoms with Gasteiger partial charge >= 0.3 is 0 Å². The zero-order valence-electron chi connectivity index (χ0n) is 22.8. The summed E-state index contributed by atoms with van der Waals surface area (Å²) in [6.07, 6.45) is 6.09. The molecule has 0 unspecified atom stereocenters. The van der Waals surface area contributed by atoms with Crippen LogP contribution in [0.1, 0.15) is 0 Å². The molecule has 0 saturated carbocycles. The molecule has 0 spiro atoms. The van der Waals surface area contributed by atoms with Gasteiger partial charge in [0.2, 0.25) is 0 Å². The van der Waals surface area contributed by atoms with Gasteiger partial charge in [-0.2, -0.15) is 0 Å². The highest BCUT2D eigenvalue weighted by Crippen LogP contribution is 2.40. The van der Waals surface area contributed by atoms with Crippen LogP contribution in [0, 0.1) is 0 Å². The summed E-state index contributed by atoms with van der Waals surface area (Å²) in [5.74, 6) is 0. The van der Waals surface area contributed by atoms with Crippen LogP contribution in [0.2, 0.25) is 0 Å². The maximum absolute atomic E-state index is 4.49. The Hall–Kier alpha value is -5.67. The summed E-state index contributed by atoms with van der Waals surface area (Å²) in [5, 5.41) is 8.69. The molecule has 42 heavy (non-hydrogen) atoms. The van der Waals surface area contributed by atoms with E-state index in [4.69, 9.17) is 0 Å². The molecule has 196 valence electrons. The number of hydrogen-bond donors (Lipinski definition) is 0. The number of aromatic nitrogens is 3. The lowest BCUT2D eigenvalue weighted by Crippen LogP contribution is -1.95.